The molecular formula is C21H16F6N4O3S. The zero-order valence-corrected chi connectivity index (χ0v) is 18.2. The molecule has 0 unspecified atom stereocenters. The first-order valence-electron chi connectivity index (χ1n) is 9.61. The highest BCUT2D eigenvalue weighted by atomic mass is 32.2. The van der Waals surface area contributed by atoms with E-state index in [-0.39, 0.29) is 11.3 Å². The molecule has 2 amide bonds. The molecule has 0 radical (unpaired) electrons. The van der Waals surface area contributed by atoms with Crippen LogP contribution in [0.15, 0.2) is 71.9 Å². The van der Waals surface area contributed by atoms with Gasteiger partial charge in [-0.05, 0) is 23.8 Å². The van der Waals surface area contributed by atoms with Gasteiger partial charge in [0.2, 0.25) is 10.0 Å². The predicted molar refractivity (Wildman–Crippen MR) is 115 cm³/mol. The molecular weight excluding hydrogens is 502 g/mol. The molecule has 0 bridgehead atoms. The Hall–Kier alpha value is -3.65. The molecule has 1 aromatic heterocycles. The summed E-state index contributed by atoms with van der Waals surface area (Å²) in [6.45, 7) is -1.82. The fourth-order valence-electron chi connectivity index (χ4n) is 2.94. The summed E-state index contributed by atoms with van der Waals surface area (Å²) in [7, 11) is -4.64. The van der Waals surface area contributed by atoms with Crippen molar-refractivity contribution in [3.8, 4) is 11.1 Å². The summed E-state index contributed by atoms with van der Waals surface area (Å²) in [4.78, 5) is 15.5. The third kappa shape index (κ3) is 6.93. The summed E-state index contributed by atoms with van der Waals surface area (Å²) in [6, 6.07) is 10.8. The Kier molecular flexibility index (Phi) is 7.36. The van der Waals surface area contributed by atoms with Crippen LogP contribution in [0.5, 0.6) is 0 Å². The Morgan fingerprint density at radius 3 is 2.17 bits per heavy atom. The highest BCUT2D eigenvalue weighted by Crippen LogP contribution is 2.35. The SMILES string of the molecule is O=C(Nc1cc(S(=O)(=O)NCC(F)(F)F)ccc1-c1ccccc1)Nc1cnccc1C(F)(F)F. The molecule has 7 nitrogen and oxygen atoms in total. The van der Waals surface area contributed by atoms with Crippen LogP contribution in [-0.4, -0.2) is 32.2 Å². The molecule has 0 atom stereocenters. The lowest BCUT2D eigenvalue weighted by Crippen LogP contribution is -2.33. The maximum absolute atomic E-state index is 13.2. The lowest BCUT2D eigenvalue weighted by molar-refractivity contribution is -0.137. The number of sulfonamides is 1. The van der Waals surface area contributed by atoms with Crippen molar-refractivity contribution < 1.29 is 39.6 Å². The Balaban J connectivity index is 1.96. The number of carbonyl (C=O) groups is 1. The number of carbonyl (C=O) groups excluding carboxylic acids is 1. The smallest absolute Gasteiger partial charge is 0.307 e. The molecule has 0 saturated heterocycles. The van der Waals surface area contributed by atoms with Crippen LogP contribution in [0.25, 0.3) is 11.1 Å². The number of nitrogens with zero attached hydrogens (tertiary/aromatic N) is 1. The van der Waals surface area contributed by atoms with Crippen molar-refractivity contribution in [1.82, 2.24) is 9.71 Å². The molecule has 0 aliphatic rings. The average Bonchev–Trinajstić information content (AvgIpc) is 2.77. The summed E-state index contributed by atoms with van der Waals surface area (Å²) < 4.78 is 103. The van der Waals surface area contributed by atoms with Gasteiger partial charge in [0.25, 0.3) is 0 Å². The van der Waals surface area contributed by atoms with E-state index in [0.717, 1.165) is 24.5 Å². The average molecular weight is 518 g/mol. The summed E-state index contributed by atoms with van der Waals surface area (Å²) in [5.41, 5.74) is -1.25. The van der Waals surface area contributed by atoms with Crippen LogP contribution in [0.4, 0.5) is 42.5 Å². The zero-order valence-electron chi connectivity index (χ0n) is 17.4. The standard InChI is InChI=1S/C21H16F6N4O3S/c22-20(23,24)12-29-35(33,34)14-6-7-15(13-4-2-1-3-5-13)17(10-14)30-19(32)31-18-11-28-9-8-16(18)21(25,26)27/h1-11,29H,12H2,(H2,30,31,32). The molecule has 1 heterocycles. The fraction of sp³-hybridized carbons (Fsp3) is 0.143. The van der Waals surface area contributed by atoms with E-state index < -0.39 is 51.1 Å². The maximum Gasteiger partial charge on any atom is 0.418 e. The molecule has 186 valence electrons. The Morgan fingerprint density at radius 1 is 0.886 bits per heavy atom. The molecule has 3 N–H and O–H groups in total. The lowest BCUT2D eigenvalue weighted by atomic mass is 10.0. The van der Waals surface area contributed by atoms with Crippen LogP contribution >= 0.6 is 0 Å². The van der Waals surface area contributed by atoms with Crippen molar-refractivity contribution in [2.75, 3.05) is 17.2 Å². The van der Waals surface area contributed by atoms with Crippen LogP contribution < -0.4 is 15.4 Å². The monoisotopic (exact) mass is 518 g/mol. The number of alkyl halides is 6. The van der Waals surface area contributed by atoms with Gasteiger partial charge in [-0.3, -0.25) is 4.98 Å². The quantitative estimate of drug-likeness (QED) is 0.388. The number of amides is 2. The number of hydrogen-bond acceptors (Lipinski definition) is 4. The van der Waals surface area contributed by atoms with E-state index in [1.54, 1.807) is 30.3 Å². The van der Waals surface area contributed by atoms with Crippen LogP contribution in [-0.2, 0) is 16.2 Å². The first-order valence-corrected chi connectivity index (χ1v) is 11.1. The predicted octanol–water partition coefficient (Wildman–Crippen LogP) is 5.25. The van der Waals surface area contributed by atoms with E-state index in [4.69, 9.17) is 0 Å². The zero-order chi connectivity index (χ0) is 25.9. The van der Waals surface area contributed by atoms with Crippen molar-refractivity contribution in [2.24, 2.45) is 0 Å². The first-order chi connectivity index (χ1) is 16.3. The van der Waals surface area contributed by atoms with Crippen LogP contribution in [0.2, 0.25) is 0 Å². The van der Waals surface area contributed by atoms with E-state index in [1.165, 1.54) is 10.8 Å². The van der Waals surface area contributed by atoms with Crippen molar-refractivity contribution in [2.45, 2.75) is 17.2 Å². The Morgan fingerprint density at radius 2 is 1.54 bits per heavy atom. The summed E-state index contributed by atoms with van der Waals surface area (Å²) in [5.74, 6) is 0. The van der Waals surface area contributed by atoms with Crippen LogP contribution in [0.1, 0.15) is 5.56 Å². The van der Waals surface area contributed by atoms with E-state index >= 15 is 0 Å². The number of nitrogens with one attached hydrogen (secondary N) is 3. The second kappa shape index (κ2) is 9.92. The van der Waals surface area contributed by atoms with Gasteiger partial charge in [0.15, 0.2) is 0 Å². The lowest BCUT2D eigenvalue weighted by Gasteiger charge is -2.16. The fourth-order valence-corrected chi connectivity index (χ4v) is 3.98. The van der Waals surface area contributed by atoms with Crippen LogP contribution in [0, 0.1) is 0 Å². The van der Waals surface area contributed by atoms with Crippen LogP contribution in [0.3, 0.4) is 0 Å². The van der Waals surface area contributed by atoms with Gasteiger partial charge in [0.1, 0.15) is 6.54 Å². The van der Waals surface area contributed by atoms with Gasteiger partial charge in [-0.15, -0.1) is 0 Å². The number of rotatable bonds is 6. The van der Waals surface area contributed by atoms with Gasteiger partial charge < -0.3 is 10.6 Å². The van der Waals surface area contributed by atoms with Gasteiger partial charge >= 0.3 is 18.4 Å². The summed E-state index contributed by atoms with van der Waals surface area (Å²) in [5, 5.41) is 4.26. The molecule has 0 spiro atoms. The van der Waals surface area contributed by atoms with Crippen molar-refractivity contribution in [3.63, 3.8) is 0 Å². The Labute approximate surface area is 195 Å². The van der Waals surface area contributed by atoms with Gasteiger partial charge in [-0.25, -0.2) is 17.9 Å². The highest BCUT2D eigenvalue weighted by Gasteiger charge is 2.34. The second-order valence-electron chi connectivity index (χ2n) is 7.01. The number of anilines is 2. The molecule has 2 aromatic carbocycles. The third-order valence-electron chi connectivity index (χ3n) is 4.47. The molecule has 0 aliphatic heterocycles. The summed E-state index contributed by atoms with van der Waals surface area (Å²) >= 11 is 0. The minimum atomic E-state index is -4.81. The number of urea groups is 1. The molecule has 35 heavy (non-hydrogen) atoms. The van der Waals surface area contributed by atoms with E-state index in [1.807, 2.05) is 5.32 Å². The molecule has 0 aliphatic carbocycles. The van der Waals surface area contributed by atoms with Crippen molar-refractivity contribution in [3.05, 3.63) is 72.6 Å². The largest absolute Gasteiger partial charge is 0.418 e. The normalized spacial score (nSPS) is 12.3. The molecule has 14 heteroatoms. The number of pyridine rings is 1. The summed E-state index contributed by atoms with van der Waals surface area (Å²) in [6.07, 6.45) is -7.93. The van der Waals surface area contributed by atoms with Gasteiger partial charge in [-0.2, -0.15) is 26.3 Å². The Bertz CT molecular complexity index is 1310. The van der Waals surface area contributed by atoms with Gasteiger partial charge in [0, 0.05) is 11.8 Å². The van der Waals surface area contributed by atoms with E-state index in [2.05, 4.69) is 10.3 Å². The van der Waals surface area contributed by atoms with E-state index in [9.17, 15) is 39.6 Å². The third-order valence-corrected chi connectivity index (χ3v) is 5.87. The minimum absolute atomic E-state index is 0.180. The molecule has 0 saturated carbocycles. The number of halogens is 6. The second-order valence-corrected chi connectivity index (χ2v) is 8.78. The van der Waals surface area contributed by atoms with Crippen molar-refractivity contribution in [1.29, 1.82) is 0 Å². The van der Waals surface area contributed by atoms with E-state index in [0.29, 0.717) is 11.6 Å². The van der Waals surface area contributed by atoms with Crippen molar-refractivity contribution >= 4 is 27.4 Å². The first kappa shape index (κ1) is 26.0. The molecule has 0 fully saturated rings. The number of hydrogen-bond donors (Lipinski definition) is 3. The van der Waals surface area contributed by atoms with Gasteiger partial charge in [0.05, 0.1) is 28.0 Å². The number of aromatic nitrogens is 1. The maximum atomic E-state index is 13.2. The minimum Gasteiger partial charge on any atom is -0.307 e. The number of benzene rings is 2. The topological polar surface area (TPSA) is 100 Å². The van der Waals surface area contributed by atoms with Gasteiger partial charge in [-0.1, -0.05) is 36.4 Å². The highest BCUT2D eigenvalue weighted by molar-refractivity contribution is 7.89. The molecule has 3 aromatic rings. The molecule has 3 rings (SSSR count).